The standard InChI is InChI=1S/C9H12O4/c1-5-7(11-3)6(2)9(12-4)13-8(5)10/h1-4H3. The van der Waals surface area contributed by atoms with Crippen LogP contribution in [-0.2, 0) is 0 Å². The summed E-state index contributed by atoms with van der Waals surface area (Å²) in [5.74, 6) is 0.723. The maximum Gasteiger partial charge on any atom is 0.345 e. The lowest BCUT2D eigenvalue weighted by Gasteiger charge is -2.09. The summed E-state index contributed by atoms with van der Waals surface area (Å²) in [6.07, 6.45) is 0. The van der Waals surface area contributed by atoms with Crippen molar-refractivity contribution in [3.05, 3.63) is 21.5 Å². The van der Waals surface area contributed by atoms with Gasteiger partial charge in [-0.05, 0) is 13.8 Å². The van der Waals surface area contributed by atoms with Gasteiger partial charge >= 0.3 is 5.63 Å². The molecule has 1 aromatic heterocycles. The van der Waals surface area contributed by atoms with E-state index in [-0.39, 0.29) is 5.95 Å². The van der Waals surface area contributed by atoms with Crippen LogP contribution >= 0.6 is 0 Å². The molecule has 72 valence electrons. The SMILES string of the molecule is COc1oc(=O)c(C)c(OC)c1C. The van der Waals surface area contributed by atoms with Gasteiger partial charge in [0.25, 0.3) is 5.95 Å². The Morgan fingerprint density at radius 2 is 1.69 bits per heavy atom. The van der Waals surface area contributed by atoms with Gasteiger partial charge < -0.3 is 13.9 Å². The van der Waals surface area contributed by atoms with Gasteiger partial charge in [0.1, 0.15) is 5.75 Å². The Labute approximate surface area is 76.1 Å². The molecule has 0 aliphatic carbocycles. The predicted octanol–water partition coefficient (Wildman–Crippen LogP) is 1.27. The molecule has 0 saturated heterocycles. The van der Waals surface area contributed by atoms with Gasteiger partial charge in [-0.25, -0.2) is 4.79 Å². The van der Waals surface area contributed by atoms with E-state index in [0.29, 0.717) is 16.9 Å². The number of rotatable bonds is 2. The van der Waals surface area contributed by atoms with E-state index in [1.807, 2.05) is 0 Å². The van der Waals surface area contributed by atoms with E-state index in [9.17, 15) is 4.79 Å². The fraction of sp³-hybridized carbons (Fsp3) is 0.444. The van der Waals surface area contributed by atoms with Crippen LogP contribution < -0.4 is 15.1 Å². The molecular weight excluding hydrogens is 172 g/mol. The molecule has 1 rings (SSSR count). The van der Waals surface area contributed by atoms with E-state index < -0.39 is 5.63 Å². The van der Waals surface area contributed by atoms with Crippen molar-refractivity contribution >= 4 is 0 Å². The highest BCUT2D eigenvalue weighted by molar-refractivity contribution is 5.41. The monoisotopic (exact) mass is 184 g/mol. The smallest absolute Gasteiger partial charge is 0.345 e. The molecule has 0 fully saturated rings. The zero-order valence-corrected chi connectivity index (χ0v) is 8.13. The van der Waals surface area contributed by atoms with Crippen LogP contribution in [0.5, 0.6) is 11.7 Å². The van der Waals surface area contributed by atoms with Gasteiger partial charge in [-0.1, -0.05) is 0 Å². The second kappa shape index (κ2) is 3.51. The topological polar surface area (TPSA) is 48.7 Å². The Hall–Kier alpha value is -1.45. The third-order valence-electron chi connectivity index (χ3n) is 1.87. The first-order valence-corrected chi connectivity index (χ1v) is 3.84. The third-order valence-corrected chi connectivity index (χ3v) is 1.87. The second-order valence-corrected chi connectivity index (χ2v) is 2.66. The van der Waals surface area contributed by atoms with Crippen LogP contribution in [0.3, 0.4) is 0 Å². The van der Waals surface area contributed by atoms with Gasteiger partial charge in [-0.3, -0.25) is 0 Å². The van der Waals surface area contributed by atoms with Gasteiger partial charge in [-0.2, -0.15) is 0 Å². The molecule has 0 N–H and O–H groups in total. The average molecular weight is 184 g/mol. The first kappa shape index (κ1) is 9.64. The van der Waals surface area contributed by atoms with Crippen molar-refractivity contribution in [3.63, 3.8) is 0 Å². The molecule has 0 radical (unpaired) electrons. The van der Waals surface area contributed by atoms with Crippen LogP contribution in [0.2, 0.25) is 0 Å². The fourth-order valence-electron chi connectivity index (χ4n) is 1.20. The quantitative estimate of drug-likeness (QED) is 0.694. The molecule has 0 aliphatic rings. The normalized spacial score (nSPS) is 9.85. The summed E-state index contributed by atoms with van der Waals surface area (Å²) >= 11 is 0. The minimum Gasteiger partial charge on any atom is -0.496 e. The van der Waals surface area contributed by atoms with Gasteiger partial charge in [0.15, 0.2) is 0 Å². The van der Waals surface area contributed by atoms with Crippen LogP contribution in [-0.4, -0.2) is 14.2 Å². The molecule has 0 aromatic carbocycles. The van der Waals surface area contributed by atoms with Crippen molar-refractivity contribution in [2.24, 2.45) is 0 Å². The van der Waals surface area contributed by atoms with Crippen molar-refractivity contribution in [1.82, 2.24) is 0 Å². The lowest BCUT2D eigenvalue weighted by molar-refractivity contribution is 0.273. The lowest BCUT2D eigenvalue weighted by Crippen LogP contribution is -2.08. The zero-order chi connectivity index (χ0) is 10.0. The number of ether oxygens (including phenoxy) is 2. The van der Waals surface area contributed by atoms with Crippen LogP contribution in [0.1, 0.15) is 11.1 Å². The van der Waals surface area contributed by atoms with Gasteiger partial charge in [-0.15, -0.1) is 0 Å². The van der Waals surface area contributed by atoms with E-state index in [0.717, 1.165) is 0 Å². The maximum atomic E-state index is 11.2. The molecule has 0 saturated carbocycles. The van der Waals surface area contributed by atoms with Crippen LogP contribution in [0.4, 0.5) is 0 Å². The molecular formula is C9H12O4. The van der Waals surface area contributed by atoms with Crippen LogP contribution in [0, 0.1) is 13.8 Å². The Morgan fingerprint density at radius 3 is 2.15 bits per heavy atom. The van der Waals surface area contributed by atoms with Gasteiger partial charge in [0, 0.05) is 0 Å². The van der Waals surface area contributed by atoms with E-state index in [1.54, 1.807) is 13.8 Å². The van der Waals surface area contributed by atoms with Crippen molar-refractivity contribution in [2.75, 3.05) is 14.2 Å². The van der Waals surface area contributed by atoms with Crippen molar-refractivity contribution in [3.8, 4) is 11.7 Å². The minimum absolute atomic E-state index is 0.201. The fourth-order valence-corrected chi connectivity index (χ4v) is 1.20. The van der Waals surface area contributed by atoms with Crippen molar-refractivity contribution < 1.29 is 13.9 Å². The van der Waals surface area contributed by atoms with Crippen molar-refractivity contribution in [1.29, 1.82) is 0 Å². The first-order chi connectivity index (χ1) is 6.11. The molecule has 4 nitrogen and oxygen atoms in total. The van der Waals surface area contributed by atoms with Gasteiger partial charge in [0.05, 0.1) is 25.3 Å². The Balaban J connectivity index is 3.48. The molecule has 0 aliphatic heterocycles. The predicted molar refractivity (Wildman–Crippen MR) is 47.6 cm³/mol. The molecule has 0 bridgehead atoms. The highest BCUT2D eigenvalue weighted by Crippen LogP contribution is 2.27. The molecule has 13 heavy (non-hydrogen) atoms. The van der Waals surface area contributed by atoms with Crippen molar-refractivity contribution in [2.45, 2.75) is 13.8 Å². The summed E-state index contributed by atoms with van der Waals surface area (Å²) in [6.45, 7) is 3.42. The number of methoxy groups -OCH3 is 2. The van der Waals surface area contributed by atoms with Crippen LogP contribution in [0.25, 0.3) is 0 Å². The summed E-state index contributed by atoms with van der Waals surface area (Å²) in [4.78, 5) is 11.2. The van der Waals surface area contributed by atoms with E-state index >= 15 is 0 Å². The van der Waals surface area contributed by atoms with E-state index in [4.69, 9.17) is 13.9 Å². The van der Waals surface area contributed by atoms with Gasteiger partial charge in [0.2, 0.25) is 0 Å². The largest absolute Gasteiger partial charge is 0.496 e. The van der Waals surface area contributed by atoms with Crippen LogP contribution in [0.15, 0.2) is 9.21 Å². The number of hydrogen-bond acceptors (Lipinski definition) is 4. The molecule has 0 atom stereocenters. The first-order valence-electron chi connectivity index (χ1n) is 3.84. The summed E-state index contributed by atoms with van der Waals surface area (Å²) in [7, 11) is 2.95. The van der Waals surface area contributed by atoms with E-state index in [2.05, 4.69) is 0 Å². The lowest BCUT2D eigenvalue weighted by atomic mass is 10.2. The molecule has 1 aromatic rings. The molecule has 1 heterocycles. The molecule has 0 amide bonds. The minimum atomic E-state index is -0.431. The van der Waals surface area contributed by atoms with E-state index in [1.165, 1.54) is 14.2 Å². The Kier molecular flexibility index (Phi) is 2.60. The highest BCUT2D eigenvalue weighted by atomic mass is 16.6. The third kappa shape index (κ3) is 1.52. The molecule has 0 unspecified atom stereocenters. The summed E-state index contributed by atoms with van der Waals surface area (Å²) in [5.41, 5.74) is 0.724. The molecule has 0 spiro atoms. The Bertz CT molecular complexity index is 365. The highest BCUT2D eigenvalue weighted by Gasteiger charge is 2.14. The average Bonchev–Trinajstić information content (AvgIpc) is 2.12. The summed E-state index contributed by atoms with van der Waals surface area (Å²) in [5, 5.41) is 0. The summed E-state index contributed by atoms with van der Waals surface area (Å²) in [6, 6.07) is 0. The Morgan fingerprint density at radius 1 is 1.08 bits per heavy atom. The number of hydrogen-bond donors (Lipinski definition) is 0. The summed E-state index contributed by atoms with van der Waals surface area (Å²) < 4.78 is 14.8. The zero-order valence-electron chi connectivity index (χ0n) is 8.13. The maximum absolute atomic E-state index is 11.2. The second-order valence-electron chi connectivity index (χ2n) is 2.66. The molecule has 4 heteroatoms.